The first-order chi connectivity index (χ1) is 11.2. The van der Waals surface area contributed by atoms with Gasteiger partial charge in [-0.3, -0.25) is 4.79 Å². The summed E-state index contributed by atoms with van der Waals surface area (Å²) in [5.74, 6) is 1.10. The number of hydrogen-bond donors (Lipinski definition) is 0. The van der Waals surface area contributed by atoms with Crippen LogP contribution in [-0.2, 0) is 14.3 Å². The Morgan fingerprint density at radius 2 is 1.52 bits per heavy atom. The first-order valence-electron chi connectivity index (χ1n) is 10.0. The molecule has 2 aliphatic carbocycles. The lowest BCUT2D eigenvalue weighted by Gasteiger charge is -2.31. The molecule has 23 heavy (non-hydrogen) atoms. The molecule has 0 saturated heterocycles. The molecule has 0 atom stereocenters. The van der Waals surface area contributed by atoms with Gasteiger partial charge in [0.15, 0.2) is 0 Å². The SMILES string of the molecule is CCCCCC1CCC(C(=O)OC2CCC(OCC)CC2)CC1. The molecule has 0 unspecified atom stereocenters. The largest absolute Gasteiger partial charge is 0.462 e. The van der Waals surface area contributed by atoms with Gasteiger partial charge < -0.3 is 9.47 Å². The molecule has 134 valence electrons. The van der Waals surface area contributed by atoms with Crippen LogP contribution in [0.1, 0.15) is 90.9 Å². The smallest absolute Gasteiger partial charge is 0.309 e. The van der Waals surface area contributed by atoms with Gasteiger partial charge in [-0.2, -0.15) is 0 Å². The van der Waals surface area contributed by atoms with Gasteiger partial charge in [-0.05, 0) is 64.2 Å². The topological polar surface area (TPSA) is 35.5 Å². The highest BCUT2D eigenvalue weighted by Gasteiger charge is 2.30. The van der Waals surface area contributed by atoms with Crippen molar-refractivity contribution in [2.75, 3.05) is 6.61 Å². The summed E-state index contributed by atoms with van der Waals surface area (Å²) < 4.78 is 11.5. The van der Waals surface area contributed by atoms with E-state index in [1.807, 2.05) is 6.92 Å². The number of unbranched alkanes of at least 4 members (excludes halogenated alkanes) is 2. The molecule has 2 aliphatic rings. The maximum Gasteiger partial charge on any atom is 0.309 e. The van der Waals surface area contributed by atoms with Gasteiger partial charge in [0.25, 0.3) is 0 Å². The van der Waals surface area contributed by atoms with Crippen molar-refractivity contribution in [3.8, 4) is 0 Å². The van der Waals surface area contributed by atoms with Gasteiger partial charge >= 0.3 is 5.97 Å². The average Bonchev–Trinajstić information content (AvgIpc) is 2.58. The van der Waals surface area contributed by atoms with E-state index in [-0.39, 0.29) is 18.0 Å². The van der Waals surface area contributed by atoms with E-state index in [4.69, 9.17) is 9.47 Å². The van der Waals surface area contributed by atoms with Crippen LogP contribution in [0.5, 0.6) is 0 Å². The molecule has 2 rings (SSSR count). The molecule has 0 aromatic heterocycles. The maximum atomic E-state index is 12.4. The van der Waals surface area contributed by atoms with Crippen LogP contribution >= 0.6 is 0 Å². The molecule has 0 radical (unpaired) electrons. The van der Waals surface area contributed by atoms with Gasteiger partial charge in [0.2, 0.25) is 0 Å². The Kier molecular flexibility index (Phi) is 8.43. The summed E-state index contributed by atoms with van der Waals surface area (Å²) in [7, 11) is 0. The molecule has 0 aromatic rings. The van der Waals surface area contributed by atoms with Crippen molar-refractivity contribution in [2.24, 2.45) is 11.8 Å². The monoisotopic (exact) mass is 324 g/mol. The van der Waals surface area contributed by atoms with E-state index in [1.54, 1.807) is 0 Å². The summed E-state index contributed by atoms with van der Waals surface area (Å²) in [6.45, 7) is 5.09. The number of hydrogen-bond acceptors (Lipinski definition) is 3. The molecule has 2 saturated carbocycles. The van der Waals surface area contributed by atoms with E-state index in [0.29, 0.717) is 6.10 Å². The minimum absolute atomic E-state index is 0.0804. The molecule has 3 heteroatoms. The highest BCUT2D eigenvalue weighted by Crippen LogP contribution is 2.33. The number of esters is 1. The Balaban J connectivity index is 1.62. The quantitative estimate of drug-likeness (QED) is 0.451. The first-order valence-corrected chi connectivity index (χ1v) is 10.0. The Labute approximate surface area is 142 Å². The van der Waals surface area contributed by atoms with Gasteiger partial charge in [0.1, 0.15) is 6.10 Å². The van der Waals surface area contributed by atoms with Crippen molar-refractivity contribution >= 4 is 5.97 Å². The van der Waals surface area contributed by atoms with E-state index >= 15 is 0 Å². The van der Waals surface area contributed by atoms with Gasteiger partial charge in [-0.25, -0.2) is 0 Å². The van der Waals surface area contributed by atoms with E-state index in [2.05, 4.69) is 6.92 Å². The van der Waals surface area contributed by atoms with Crippen LogP contribution in [0.3, 0.4) is 0 Å². The van der Waals surface area contributed by atoms with Crippen LogP contribution in [0.25, 0.3) is 0 Å². The molecule has 0 spiro atoms. The summed E-state index contributed by atoms with van der Waals surface area (Å²) in [5.41, 5.74) is 0. The molecule has 0 amide bonds. The van der Waals surface area contributed by atoms with E-state index in [9.17, 15) is 4.79 Å². The van der Waals surface area contributed by atoms with Gasteiger partial charge in [0, 0.05) is 6.61 Å². The summed E-state index contributed by atoms with van der Waals surface area (Å²) >= 11 is 0. The number of carbonyl (C=O) groups excluding carboxylic acids is 1. The highest BCUT2D eigenvalue weighted by atomic mass is 16.5. The van der Waals surface area contributed by atoms with E-state index in [1.165, 1.54) is 38.5 Å². The molecular formula is C20H36O3. The standard InChI is InChI=1S/C20H36O3/c1-3-5-6-7-16-8-10-17(11-9-16)20(21)23-19-14-12-18(13-15-19)22-4-2/h16-19H,3-15H2,1-2H3. The average molecular weight is 325 g/mol. The van der Waals surface area contributed by atoms with E-state index < -0.39 is 0 Å². The van der Waals surface area contributed by atoms with Crippen molar-refractivity contribution in [3.63, 3.8) is 0 Å². The van der Waals surface area contributed by atoms with Gasteiger partial charge in [-0.1, -0.05) is 32.6 Å². The molecule has 2 fully saturated rings. The zero-order valence-corrected chi connectivity index (χ0v) is 15.2. The third-order valence-corrected chi connectivity index (χ3v) is 5.70. The van der Waals surface area contributed by atoms with Crippen molar-refractivity contribution in [3.05, 3.63) is 0 Å². The molecule has 0 aliphatic heterocycles. The van der Waals surface area contributed by atoms with Crippen molar-refractivity contribution in [2.45, 2.75) is 103 Å². The van der Waals surface area contributed by atoms with Gasteiger partial charge in [-0.15, -0.1) is 0 Å². The molecule has 0 heterocycles. The number of carbonyl (C=O) groups is 1. The summed E-state index contributed by atoms with van der Waals surface area (Å²) in [5, 5.41) is 0. The van der Waals surface area contributed by atoms with Crippen LogP contribution < -0.4 is 0 Å². The third-order valence-electron chi connectivity index (χ3n) is 5.70. The lowest BCUT2D eigenvalue weighted by atomic mass is 9.79. The van der Waals surface area contributed by atoms with Crippen LogP contribution in [-0.4, -0.2) is 24.8 Å². The second-order valence-corrected chi connectivity index (χ2v) is 7.50. The Bertz CT molecular complexity index is 326. The second-order valence-electron chi connectivity index (χ2n) is 7.50. The fourth-order valence-corrected chi connectivity index (χ4v) is 4.18. The van der Waals surface area contributed by atoms with Crippen LogP contribution in [0.2, 0.25) is 0 Å². The zero-order chi connectivity index (χ0) is 16.5. The predicted molar refractivity (Wildman–Crippen MR) is 93.4 cm³/mol. The minimum atomic E-state index is 0.0804. The van der Waals surface area contributed by atoms with E-state index in [0.717, 1.165) is 51.0 Å². The van der Waals surface area contributed by atoms with Crippen LogP contribution in [0.15, 0.2) is 0 Å². The predicted octanol–water partition coefficient (Wildman–Crippen LogP) is 5.26. The Hall–Kier alpha value is -0.570. The second kappa shape index (κ2) is 10.3. The zero-order valence-electron chi connectivity index (χ0n) is 15.2. The van der Waals surface area contributed by atoms with Crippen molar-refractivity contribution < 1.29 is 14.3 Å². The first kappa shape index (κ1) is 18.8. The lowest BCUT2D eigenvalue weighted by molar-refractivity contribution is -0.158. The maximum absolute atomic E-state index is 12.4. The van der Waals surface area contributed by atoms with Crippen molar-refractivity contribution in [1.29, 1.82) is 0 Å². The van der Waals surface area contributed by atoms with Crippen LogP contribution in [0, 0.1) is 11.8 Å². The summed E-state index contributed by atoms with van der Waals surface area (Å²) in [4.78, 5) is 12.4. The molecule has 3 nitrogen and oxygen atoms in total. The fraction of sp³-hybridized carbons (Fsp3) is 0.950. The van der Waals surface area contributed by atoms with Crippen molar-refractivity contribution in [1.82, 2.24) is 0 Å². The molecule has 0 aromatic carbocycles. The number of rotatable bonds is 8. The van der Waals surface area contributed by atoms with Gasteiger partial charge in [0.05, 0.1) is 12.0 Å². The summed E-state index contributed by atoms with van der Waals surface area (Å²) in [6, 6.07) is 0. The normalized spacial score (nSPS) is 31.7. The Morgan fingerprint density at radius 1 is 0.870 bits per heavy atom. The molecule has 0 N–H and O–H groups in total. The van der Waals surface area contributed by atoms with Crippen LogP contribution in [0.4, 0.5) is 0 Å². The third kappa shape index (κ3) is 6.45. The highest BCUT2D eigenvalue weighted by molar-refractivity contribution is 5.72. The fourth-order valence-electron chi connectivity index (χ4n) is 4.18. The minimum Gasteiger partial charge on any atom is -0.462 e. The molecule has 0 bridgehead atoms. The summed E-state index contributed by atoms with van der Waals surface area (Å²) in [6.07, 6.45) is 14.5. The Morgan fingerprint density at radius 3 is 2.13 bits per heavy atom. The molecular weight excluding hydrogens is 288 g/mol. The lowest BCUT2D eigenvalue weighted by Crippen LogP contribution is -2.31. The number of ether oxygens (including phenoxy) is 2.